The minimum atomic E-state index is -0.878. The first-order valence-corrected chi connectivity index (χ1v) is 10.2. The van der Waals surface area contributed by atoms with Crippen LogP contribution in [0.25, 0.3) is 5.76 Å². The molecule has 0 aliphatic carbocycles. The van der Waals surface area contributed by atoms with Crippen LogP contribution in [0.3, 0.4) is 0 Å². The highest BCUT2D eigenvalue weighted by molar-refractivity contribution is 6.51. The van der Waals surface area contributed by atoms with E-state index in [1.54, 1.807) is 42.5 Å². The number of aliphatic hydroxyl groups excluding tert-OH is 1. The number of hydrogen-bond donors (Lipinski definition) is 1. The summed E-state index contributed by atoms with van der Waals surface area (Å²) in [6.45, 7) is 4.44. The van der Waals surface area contributed by atoms with Gasteiger partial charge in [-0.2, -0.15) is 0 Å². The van der Waals surface area contributed by atoms with Gasteiger partial charge in [-0.1, -0.05) is 31.2 Å². The third-order valence-electron chi connectivity index (χ3n) is 5.12. The summed E-state index contributed by atoms with van der Waals surface area (Å²) in [6, 6.07) is 16.6. The van der Waals surface area contributed by atoms with Gasteiger partial charge in [-0.15, -0.1) is 0 Å². The number of Topliss-reactive ketones (excluding diaryl/α,β-unsaturated/α-hetero) is 1. The molecule has 6 heteroatoms. The Kier molecular flexibility index (Phi) is 5.62. The summed E-state index contributed by atoms with van der Waals surface area (Å²) in [4.78, 5) is 27.5. The molecular weight excluding hydrogens is 394 g/mol. The number of anilines is 1. The second-order valence-corrected chi connectivity index (χ2v) is 7.40. The van der Waals surface area contributed by atoms with E-state index in [0.29, 0.717) is 29.4 Å². The number of ketones is 1. The zero-order chi connectivity index (χ0) is 22.0. The van der Waals surface area contributed by atoms with Crippen molar-refractivity contribution in [3.05, 3.63) is 89.4 Å². The number of rotatable bonds is 6. The van der Waals surface area contributed by atoms with Crippen molar-refractivity contribution in [3.8, 4) is 5.75 Å². The quantitative estimate of drug-likeness (QED) is 0.347. The van der Waals surface area contributed by atoms with E-state index in [0.717, 1.165) is 12.0 Å². The van der Waals surface area contributed by atoms with Crippen LogP contribution in [0.15, 0.2) is 76.9 Å². The first-order chi connectivity index (χ1) is 15.0. The van der Waals surface area contributed by atoms with Crippen LogP contribution in [-0.4, -0.2) is 23.4 Å². The number of benzene rings is 2. The molecule has 31 heavy (non-hydrogen) atoms. The smallest absolute Gasteiger partial charge is 0.300 e. The number of carbonyl (C=O) groups is 2. The van der Waals surface area contributed by atoms with Crippen molar-refractivity contribution in [1.29, 1.82) is 0 Å². The molecule has 1 atom stereocenters. The van der Waals surface area contributed by atoms with Crippen molar-refractivity contribution in [2.24, 2.45) is 0 Å². The van der Waals surface area contributed by atoms with E-state index in [2.05, 4.69) is 0 Å². The van der Waals surface area contributed by atoms with Crippen molar-refractivity contribution in [2.45, 2.75) is 26.3 Å². The van der Waals surface area contributed by atoms with Gasteiger partial charge < -0.3 is 14.3 Å². The van der Waals surface area contributed by atoms with Crippen molar-refractivity contribution < 1.29 is 23.8 Å². The molecule has 1 N–H and O–H groups in total. The summed E-state index contributed by atoms with van der Waals surface area (Å²) in [5, 5.41) is 11.1. The number of aryl methyl sites for hydroxylation is 1. The summed E-state index contributed by atoms with van der Waals surface area (Å²) in [7, 11) is 0. The molecule has 1 aromatic heterocycles. The predicted octanol–water partition coefficient (Wildman–Crippen LogP) is 5.00. The summed E-state index contributed by atoms with van der Waals surface area (Å²) in [5.74, 6) is -0.780. The van der Waals surface area contributed by atoms with Gasteiger partial charge in [-0.25, -0.2) is 0 Å². The molecule has 1 aliphatic heterocycles. The number of ether oxygens (including phenoxy) is 1. The SMILES string of the molecule is CCCOc1cccc(/C(O)=C2/C(=O)C(=O)N(c3cccc(C)c3)C2c2ccco2)c1. The lowest BCUT2D eigenvalue weighted by Crippen LogP contribution is -2.29. The fraction of sp³-hybridized carbons (Fsp3) is 0.200. The highest BCUT2D eigenvalue weighted by atomic mass is 16.5. The molecular formula is C25H23NO5. The Labute approximate surface area is 180 Å². The van der Waals surface area contributed by atoms with E-state index >= 15 is 0 Å². The maximum atomic E-state index is 13.1. The average Bonchev–Trinajstić information content (AvgIpc) is 3.39. The lowest BCUT2D eigenvalue weighted by atomic mass is 9.99. The van der Waals surface area contributed by atoms with Crippen molar-refractivity contribution in [2.75, 3.05) is 11.5 Å². The van der Waals surface area contributed by atoms with Crippen molar-refractivity contribution in [1.82, 2.24) is 0 Å². The van der Waals surface area contributed by atoms with Gasteiger partial charge in [-0.3, -0.25) is 14.5 Å². The molecule has 1 unspecified atom stereocenters. The fourth-order valence-electron chi connectivity index (χ4n) is 3.70. The Balaban J connectivity index is 1.86. The molecule has 1 saturated heterocycles. The zero-order valence-electron chi connectivity index (χ0n) is 17.4. The lowest BCUT2D eigenvalue weighted by Gasteiger charge is -2.23. The maximum Gasteiger partial charge on any atom is 0.300 e. The normalized spacial score (nSPS) is 17.9. The van der Waals surface area contributed by atoms with Crippen LogP contribution in [0, 0.1) is 6.92 Å². The first kappa shape index (κ1) is 20.5. The molecule has 0 saturated carbocycles. The minimum absolute atomic E-state index is 0.0194. The summed E-state index contributed by atoms with van der Waals surface area (Å²) >= 11 is 0. The van der Waals surface area contributed by atoms with E-state index in [1.807, 2.05) is 32.0 Å². The highest BCUT2D eigenvalue weighted by Crippen LogP contribution is 2.42. The second-order valence-electron chi connectivity index (χ2n) is 7.40. The third kappa shape index (κ3) is 3.84. The van der Waals surface area contributed by atoms with Crippen molar-refractivity contribution >= 4 is 23.1 Å². The molecule has 158 valence electrons. The lowest BCUT2D eigenvalue weighted by molar-refractivity contribution is -0.132. The van der Waals surface area contributed by atoms with E-state index in [9.17, 15) is 14.7 Å². The van der Waals surface area contributed by atoms with Gasteiger partial charge in [-0.05, 0) is 55.3 Å². The number of aliphatic hydroxyl groups is 1. The van der Waals surface area contributed by atoms with Crippen LogP contribution >= 0.6 is 0 Å². The Bertz CT molecular complexity index is 1150. The van der Waals surface area contributed by atoms with Gasteiger partial charge in [0.25, 0.3) is 11.7 Å². The van der Waals surface area contributed by atoms with Crippen LogP contribution in [-0.2, 0) is 9.59 Å². The standard InChI is InChI=1S/C25H23NO5/c1-3-12-30-19-10-5-8-17(15-19)23(27)21-22(20-11-6-13-31-20)26(25(29)24(21)28)18-9-4-7-16(2)14-18/h4-11,13-15,22,27H,3,12H2,1-2H3/b23-21-. The van der Waals surface area contributed by atoms with Gasteiger partial charge >= 0.3 is 0 Å². The molecule has 2 heterocycles. The minimum Gasteiger partial charge on any atom is -0.507 e. The van der Waals surface area contributed by atoms with E-state index in [4.69, 9.17) is 9.15 Å². The van der Waals surface area contributed by atoms with Crippen LogP contribution in [0.5, 0.6) is 5.75 Å². The van der Waals surface area contributed by atoms with Gasteiger partial charge in [0.05, 0.1) is 18.4 Å². The van der Waals surface area contributed by atoms with Crippen LogP contribution in [0.4, 0.5) is 5.69 Å². The van der Waals surface area contributed by atoms with Gasteiger partial charge in [0.15, 0.2) is 0 Å². The summed E-state index contributed by atoms with van der Waals surface area (Å²) in [5.41, 5.74) is 1.88. The fourth-order valence-corrected chi connectivity index (χ4v) is 3.70. The van der Waals surface area contributed by atoms with Crippen LogP contribution in [0.2, 0.25) is 0 Å². The van der Waals surface area contributed by atoms with E-state index < -0.39 is 17.7 Å². The van der Waals surface area contributed by atoms with Gasteiger partial charge in [0.1, 0.15) is 23.3 Å². The zero-order valence-corrected chi connectivity index (χ0v) is 17.4. The Morgan fingerprint density at radius 3 is 2.61 bits per heavy atom. The number of carbonyl (C=O) groups excluding carboxylic acids is 2. The number of nitrogens with zero attached hydrogens (tertiary/aromatic N) is 1. The summed E-state index contributed by atoms with van der Waals surface area (Å²) < 4.78 is 11.2. The predicted molar refractivity (Wildman–Crippen MR) is 117 cm³/mol. The topological polar surface area (TPSA) is 80.0 Å². The number of furan rings is 1. The molecule has 1 fully saturated rings. The molecule has 3 aromatic rings. The summed E-state index contributed by atoms with van der Waals surface area (Å²) in [6.07, 6.45) is 2.32. The molecule has 1 amide bonds. The molecule has 1 aliphatic rings. The van der Waals surface area contributed by atoms with Gasteiger partial charge in [0.2, 0.25) is 0 Å². The highest BCUT2D eigenvalue weighted by Gasteiger charge is 2.48. The Morgan fingerprint density at radius 2 is 1.90 bits per heavy atom. The second kappa shape index (κ2) is 8.52. The molecule has 0 bridgehead atoms. The molecule has 0 radical (unpaired) electrons. The Morgan fingerprint density at radius 1 is 1.10 bits per heavy atom. The molecule has 4 rings (SSSR count). The Hall–Kier alpha value is -3.80. The van der Waals surface area contributed by atoms with E-state index in [1.165, 1.54) is 11.2 Å². The van der Waals surface area contributed by atoms with Crippen LogP contribution in [0.1, 0.15) is 36.3 Å². The third-order valence-corrected chi connectivity index (χ3v) is 5.12. The van der Waals surface area contributed by atoms with E-state index in [-0.39, 0.29) is 11.3 Å². The molecule has 6 nitrogen and oxygen atoms in total. The maximum absolute atomic E-state index is 13.1. The average molecular weight is 417 g/mol. The number of amides is 1. The van der Waals surface area contributed by atoms with Crippen LogP contribution < -0.4 is 9.64 Å². The molecule has 0 spiro atoms. The largest absolute Gasteiger partial charge is 0.507 e. The van der Waals surface area contributed by atoms with Crippen molar-refractivity contribution in [3.63, 3.8) is 0 Å². The van der Waals surface area contributed by atoms with Gasteiger partial charge in [0, 0.05) is 11.3 Å². The number of hydrogen-bond acceptors (Lipinski definition) is 5. The molecule has 2 aromatic carbocycles. The first-order valence-electron chi connectivity index (χ1n) is 10.2. The monoisotopic (exact) mass is 417 g/mol.